The fourth-order valence-electron chi connectivity index (χ4n) is 1.77. The van der Waals surface area contributed by atoms with E-state index in [1.807, 2.05) is 0 Å². The minimum Gasteiger partial charge on any atom is -0.618 e. The number of nitrogens with zero attached hydrogens (tertiary/aromatic N) is 2. The summed E-state index contributed by atoms with van der Waals surface area (Å²) >= 11 is 5.72. The van der Waals surface area contributed by atoms with Crippen molar-refractivity contribution in [3.8, 4) is 17.2 Å². The van der Waals surface area contributed by atoms with E-state index in [0.717, 1.165) is 0 Å². The average molecular weight is 346 g/mol. The molecule has 0 aliphatic rings. The smallest absolute Gasteiger partial charge is 0.235 e. The van der Waals surface area contributed by atoms with E-state index in [9.17, 15) is 10.4 Å². The maximum absolute atomic E-state index is 11.2. The summed E-state index contributed by atoms with van der Waals surface area (Å²) in [5.74, 6) is 0.592. The quantitative estimate of drug-likeness (QED) is 0.627. The molecule has 0 aromatic carbocycles. The van der Waals surface area contributed by atoms with Gasteiger partial charge in [-0.25, -0.2) is 0 Å². The lowest BCUT2D eigenvalue weighted by molar-refractivity contribution is -0.612. The fourth-order valence-corrected chi connectivity index (χ4v) is 2.04. The number of hydrogen-bond acceptors (Lipinski definition) is 5. The van der Waals surface area contributed by atoms with Gasteiger partial charge in [0.1, 0.15) is 0 Å². The molecule has 23 heavy (non-hydrogen) atoms. The third kappa shape index (κ3) is 4.29. The minimum atomic E-state index is -2.56. The molecule has 0 bridgehead atoms. The van der Waals surface area contributed by atoms with E-state index in [1.165, 1.54) is 45.7 Å². The predicted molar refractivity (Wildman–Crippen MR) is 84.9 cm³/mol. The maximum Gasteiger partial charge on any atom is 0.235 e. The topological polar surface area (TPSA) is 81.6 Å². The van der Waals surface area contributed by atoms with Gasteiger partial charge in [-0.3, -0.25) is 0 Å². The van der Waals surface area contributed by atoms with Crippen LogP contribution in [0, 0.1) is 24.3 Å². The van der Waals surface area contributed by atoms with Crippen LogP contribution in [0.2, 0.25) is 5.02 Å². The summed E-state index contributed by atoms with van der Waals surface area (Å²) in [4.78, 5) is 0. The van der Waals surface area contributed by atoms with Crippen molar-refractivity contribution in [1.29, 1.82) is 0 Å². The summed E-state index contributed by atoms with van der Waals surface area (Å²) < 4.78 is 36.6. The first-order chi connectivity index (χ1) is 12.0. The number of ether oxygens (including phenoxy) is 3. The van der Waals surface area contributed by atoms with Crippen molar-refractivity contribution in [3.63, 3.8) is 0 Å². The molecule has 2 aromatic heterocycles. The highest BCUT2D eigenvalue weighted by Crippen LogP contribution is 2.27. The molecule has 0 aliphatic heterocycles. The van der Waals surface area contributed by atoms with Crippen LogP contribution in [0.4, 0.5) is 0 Å². The molecule has 0 saturated carbocycles. The molecule has 0 N–H and O–H groups in total. The summed E-state index contributed by atoms with van der Waals surface area (Å²) in [5.41, 5.74) is 0.722. The third-order valence-corrected chi connectivity index (χ3v) is 3.29. The fraction of sp³-hybridized carbons (Fsp3) is 0.333. The Balaban J connectivity index is 0.000000273. The Kier molecular flexibility index (Phi) is 5.11. The molecule has 2 aromatic rings. The van der Waals surface area contributed by atoms with Crippen LogP contribution >= 0.6 is 11.6 Å². The zero-order valence-corrected chi connectivity index (χ0v) is 13.9. The van der Waals surface area contributed by atoms with Gasteiger partial charge in [-0.15, -0.1) is 0 Å². The zero-order valence-electron chi connectivity index (χ0n) is 16.1. The molecule has 0 aliphatic carbocycles. The molecule has 0 spiro atoms. The molecule has 2 rings (SSSR count). The van der Waals surface area contributed by atoms with E-state index in [4.69, 9.17) is 25.2 Å². The van der Waals surface area contributed by atoms with E-state index in [2.05, 4.69) is 4.74 Å². The second-order valence-electron chi connectivity index (χ2n) is 4.33. The van der Waals surface area contributed by atoms with Gasteiger partial charge in [-0.1, -0.05) is 11.6 Å². The van der Waals surface area contributed by atoms with Crippen molar-refractivity contribution >= 4 is 11.6 Å². The SMILES string of the molecule is COc1c(Cl)cc[n+]([O-])c1C.[2H]C([2H])([2H])Oc1cc[n+]([O-])c(C)c1OC. The van der Waals surface area contributed by atoms with Gasteiger partial charge in [0.2, 0.25) is 22.9 Å². The molecule has 0 unspecified atom stereocenters. The van der Waals surface area contributed by atoms with Gasteiger partial charge < -0.3 is 24.6 Å². The van der Waals surface area contributed by atoms with E-state index in [0.29, 0.717) is 25.9 Å². The number of aromatic nitrogens is 2. The van der Waals surface area contributed by atoms with Crippen LogP contribution in [0.1, 0.15) is 15.5 Å². The van der Waals surface area contributed by atoms with Crippen LogP contribution in [0.3, 0.4) is 0 Å². The number of hydrogen-bond donors (Lipinski definition) is 0. The molecule has 0 saturated heterocycles. The van der Waals surface area contributed by atoms with E-state index < -0.39 is 7.04 Å². The lowest BCUT2D eigenvalue weighted by Crippen LogP contribution is -2.29. The van der Waals surface area contributed by atoms with Crippen molar-refractivity contribution in [3.05, 3.63) is 51.4 Å². The van der Waals surface area contributed by atoms with Crippen LogP contribution in [0.5, 0.6) is 17.2 Å². The average Bonchev–Trinajstić information content (AvgIpc) is 2.55. The number of halogens is 1. The second kappa shape index (κ2) is 8.28. The number of pyridine rings is 2. The first-order valence-corrected chi connectivity index (χ1v) is 6.77. The van der Waals surface area contributed by atoms with Crippen LogP contribution < -0.4 is 23.7 Å². The molecule has 0 fully saturated rings. The largest absolute Gasteiger partial charge is 0.618 e. The highest BCUT2D eigenvalue weighted by molar-refractivity contribution is 6.32. The van der Waals surface area contributed by atoms with Gasteiger partial charge >= 0.3 is 0 Å². The zero-order chi connectivity index (χ0) is 20.1. The normalized spacial score (nSPS) is 12.1. The van der Waals surface area contributed by atoms with Gasteiger partial charge in [0, 0.05) is 26.0 Å². The van der Waals surface area contributed by atoms with Crippen LogP contribution in [-0.2, 0) is 0 Å². The Morgan fingerprint density at radius 2 is 1.48 bits per heavy atom. The lowest BCUT2D eigenvalue weighted by atomic mass is 10.3. The second-order valence-corrected chi connectivity index (χ2v) is 4.74. The molecule has 0 atom stereocenters. The van der Waals surface area contributed by atoms with Crippen molar-refractivity contribution in [1.82, 2.24) is 0 Å². The standard InChI is InChI=1S/C8H11NO3.C7H8ClNO2/c1-6-8(12-3)7(11-2)4-5-9(6)10;1-5-7(11-2)6(8)3-4-9(5)10/h4-5H,1-3H3;3-4H,1-2H3/i2D3;. The van der Waals surface area contributed by atoms with E-state index >= 15 is 0 Å². The Hall–Kier alpha value is -2.41. The van der Waals surface area contributed by atoms with Crippen molar-refractivity contribution < 1.29 is 27.8 Å². The van der Waals surface area contributed by atoms with E-state index in [-0.39, 0.29) is 17.2 Å². The number of rotatable bonds is 3. The molecular weight excluding hydrogens is 324 g/mol. The summed E-state index contributed by atoms with van der Waals surface area (Å²) in [7, 11) is 0.262. The predicted octanol–water partition coefficient (Wildman–Crippen LogP) is 1.94. The molecule has 0 amide bonds. The Labute approximate surface area is 144 Å². The molecule has 7 nitrogen and oxygen atoms in total. The summed E-state index contributed by atoms with van der Waals surface area (Å²) in [6.07, 6.45) is 2.51. The maximum atomic E-state index is 11.2. The van der Waals surface area contributed by atoms with Crippen molar-refractivity contribution in [2.24, 2.45) is 0 Å². The first-order valence-electron chi connectivity index (χ1n) is 7.89. The van der Waals surface area contributed by atoms with Crippen molar-refractivity contribution in [2.75, 3.05) is 21.3 Å². The van der Waals surface area contributed by atoms with Gasteiger partial charge in [-0.2, -0.15) is 9.46 Å². The van der Waals surface area contributed by atoms with E-state index in [1.54, 1.807) is 6.92 Å². The van der Waals surface area contributed by atoms with Gasteiger partial charge in [0.15, 0.2) is 18.1 Å². The Morgan fingerprint density at radius 3 is 1.96 bits per heavy atom. The molecule has 0 radical (unpaired) electrons. The van der Waals surface area contributed by atoms with Crippen LogP contribution in [-0.4, -0.2) is 21.3 Å². The highest BCUT2D eigenvalue weighted by Gasteiger charge is 2.13. The highest BCUT2D eigenvalue weighted by atomic mass is 35.5. The summed E-state index contributed by atoms with van der Waals surface area (Å²) in [5, 5.41) is 22.5. The molecule has 8 heteroatoms. The monoisotopic (exact) mass is 345 g/mol. The first kappa shape index (κ1) is 14.2. The third-order valence-electron chi connectivity index (χ3n) is 2.99. The molecular formula is C15H19ClN2O5. The summed E-state index contributed by atoms with van der Waals surface area (Å²) in [6, 6.07) is 2.76. The molecule has 2 heterocycles. The van der Waals surface area contributed by atoms with Crippen LogP contribution in [0.15, 0.2) is 24.5 Å². The van der Waals surface area contributed by atoms with Gasteiger partial charge in [0.05, 0.1) is 30.4 Å². The Bertz CT molecular complexity index is 772. The minimum absolute atomic E-state index is 0.0297. The van der Waals surface area contributed by atoms with Gasteiger partial charge in [-0.05, 0) is 0 Å². The Morgan fingerprint density at radius 1 is 0.957 bits per heavy atom. The summed E-state index contributed by atoms with van der Waals surface area (Å²) in [6.45, 7) is 3.16. The van der Waals surface area contributed by atoms with Crippen molar-refractivity contribution in [2.45, 2.75) is 13.8 Å². The van der Waals surface area contributed by atoms with Crippen LogP contribution in [0.25, 0.3) is 0 Å². The van der Waals surface area contributed by atoms with Gasteiger partial charge in [0.25, 0.3) is 0 Å². The molecule has 126 valence electrons. The lowest BCUT2D eigenvalue weighted by Gasteiger charge is -2.09. The number of methoxy groups -OCH3 is 3.